The van der Waals surface area contributed by atoms with Crippen LogP contribution < -0.4 is 19.1 Å². The van der Waals surface area contributed by atoms with Gasteiger partial charge < -0.3 is 24.0 Å². The molecule has 6 nitrogen and oxygen atoms in total. The summed E-state index contributed by atoms with van der Waals surface area (Å²) in [5.74, 6) is 2.29. The molecule has 1 N–H and O–H groups in total. The van der Waals surface area contributed by atoms with E-state index < -0.39 is 0 Å². The fourth-order valence-corrected chi connectivity index (χ4v) is 3.57. The van der Waals surface area contributed by atoms with E-state index in [2.05, 4.69) is 13.0 Å². The van der Waals surface area contributed by atoms with E-state index in [9.17, 15) is 4.79 Å². The zero-order chi connectivity index (χ0) is 20.8. The fourth-order valence-electron chi connectivity index (χ4n) is 3.57. The minimum Gasteiger partial charge on any atom is -0.493 e. The van der Waals surface area contributed by atoms with Crippen LogP contribution >= 0.6 is 0 Å². The van der Waals surface area contributed by atoms with Crippen molar-refractivity contribution in [2.24, 2.45) is 0 Å². The maximum absolute atomic E-state index is 12.5. The van der Waals surface area contributed by atoms with Gasteiger partial charge in [-0.15, -0.1) is 0 Å². The Hall–Kier alpha value is -2.73. The third-order valence-corrected chi connectivity index (χ3v) is 5.57. The molecular formula is C23H31N2O4+. The predicted octanol–water partition coefficient (Wildman–Crippen LogP) is 1.63. The summed E-state index contributed by atoms with van der Waals surface area (Å²) in [5, 5.41) is 0. The Bertz CT molecular complexity index is 845. The van der Waals surface area contributed by atoms with Crippen molar-refractivity contribution in [2.75, 3.05) is 47.0 Å². The van der Waals surface area contributed by atoms with Gasteiger partial charge in [-0.2, -0.15) is 0 Å². The highest BCUT2D eigenvalue weighted by Gasteiger charge is 2.24. The van der Waals surface area contributed by atoms with Gasteiger partial charge in [0, 0.05) is 5.56 Å². The maximum Gasteiger partial charge on any atom is 0.260 e. The molecule has 0 unspecified atom stereocenters. The van der Waals surface area contributed by atoms with Crippen LogP contribution in [0.25, 0.3) is 0 Å². The Morgan fingerprint density at radius 2 is 1.69 bits per heavy atom. The summed E-state index contributed by atoms with van der Waals surface area (Å²) in [6.07, 6.45) is 0. The minimum atomic E-state index is 0.0494. The van der Waals surface area contributed by atoms with Crippen molar-refractivity contribution in [1.29, 1.82) is 0 Å². The number of benzene rings is 2. The van der Waals surface area contributed by atoms with Gasteiger partial charge in [-0.05, 0) is 55.3 Å². The number of carbonyl (C=O) groups is 1. The molecule has 0 atom stereocenters. The lowest BCUT2D eigenvalue weighted by Gasteiger charge is -2.32. The van der Waals surface area contributed by atoms with Crippen molar-refractivity contribution in [3.8, 4) is 17.2 Å². The van der Waals surface area contributed by atoms with E-state index in [1.54, 1.807) is 14.2 Å². The van der Waals surface area contributed by atoms with Crippen LogP contribution in [0, 0.1) is 13.8 Å². The molecule has 1 fully saturated rings. The molecule has 0 aromatic heterocycles. The first-order valence-electron chi connectivity index (χ1n) is 10.0. The number of rotatable bonds is 7. The Kier molecular flexibility index (Phi) is 6.99. The maximum atomic E-state index is 12.5. The van der Waals surface area contributed by atoms with Gasteiger partial charge >= 0.3 is 0 Å². The largest absolute Gasteiger partial charge is 0.493 e. The molecule has 1 aliphatic rings. The summed E-state index contributed by atoms with van der Waals surface area (Å²) >= 11 is 0. The van der Waals surface area contributed by atoms with Crippen molar-refractivity contribution < 1.29 is 23.9 Å². The van der Waals surface area contributed by atoms with Gasteiger partial charge in [-0.3, -0.25) is 4.79 Å². The number of nitrogens with zero attached hydrogens (tertiary/aromatic N) is 1. The van der Waals surface area contributed by atoms with E-state index in [-0.39, 0.29) is 12.5 Å². The van der Waals surface area contributed by atoms with Crippen LogP contribution in [0.15, 0.2) is 36.4 Å². The summed E-state index contributed by atoms with van der Waals surface area (Å²) in [7, 11) is 3.29. The van der Waals surface area contributed by atoms with Crippen LogP contribution in [0.4, 0.5) is 0 Å². The second-order valence-electron chi connectivity index (χ2n) is 7.53. The van der Waals surface area contributed by atoms with Crippen LogP contribution in [-0.2, 0) is 11.3 Å². The monoisotopic (exact) mass is 399 g/mol. The van der Waals surface area contributed by atoms with Gasteiger partial charge in [0.15, 0.2) is 18.1 Å². The Morgan fingerprint density at radius 3 is 2.34 bits per heavy atom. The standard InChI is InChI=1S/C23H30N2O4/c1-17-5-7-20(13-18(17)2)29-16-23(26)25-11-9-24(10-12-25)15-19-6-8-21(27-3)22(14-19)28-4/h5-8,13-14H,9-12,15-16H2,1-4H3/p+1. The average Bonchev–Trinajstić information content (AvgIpc) is 2.74. The lowest BCUT2D eigenvalue weighted by Crippen LogP contribution is -3.13. The van der Waals surface area contributed by atoms with Crippen LogP contribution in [0.2, 0.25) is 0 Å². The summed E-state index contributed by atoms with van der Waals surface area (Å²) in [6, 6.07) is 12.0. The van der Waals surface area contributed by atoms with Gasteiger partial charge in [0.25, 0.3) is 5.91 Å². The molecule has 0 bridgehead atoms. The molecule has 1 amide bonds. The number of aryl methyl sites for hydroxylation is 2. The minimum absolute atomic E-state index is 0.0494. The molecule has 3 rings (SSSR count). The molecule has 0 saturated carbocycles. The molecule has 2 aromatic rings. The summed E-state index contributed by atoms with van der Waals surface area (Å²) < 4.78 is 16.4. The number of methoxy groups -OCH3 is 2. The second kappa shape index (κ2) is 9.65. The number of ether oxygens (including phenoxy) is 3. The third-order valence-electron chi connectivity index (χ3n) is 5.57. The smallest absolute Gasteiger partial charge is 0.260 e. The average molecular weight is 400 g/mol. The lowest BCUT2D eigenvalue weighted by molar-refractivity contribution is -0.917. The van der Waals surface area contributed by atoms with Gasteiger partial charge in [-0.1, -0.05) is 6.07 Å². The number of nitrogens with one attached hydrogen (secondary N) is 1. The van der Waals surface area contributed by atoms with E-state index in [4.69, 9.17) is 14.2 Å². The van der Waals surface area contributed by atoms with Crippen molar-refractivity contribution in [1.82, 2.24) is 4.90 Å². The fraction of sp³-hybridized carbons (Fsp3) is 0.435. The molecule has 29 heavy (non-hydrogen) atoms. The van der Waals surface area contributed by atoms with E-state index in [1.165, 1.54) is 21.6 Å². The van der Waals surface area contributed by atoms with E-state index in [0.717, 1.165) is 50.0 Å². The number of quaternary nitrogens is 1. The first-order valence-corrected chi connectivity index (χ1v) is 10.0. The molecule has 1 saturated heterocycles. The van der Waals surface area contributed by atoms with Gasteiger partial charge in [-0.25, -0.2) is 0 Å². The summed E-state index contributed by atoms with van der Waals surface area (Å²) in [4.78, 5) is 15.9. The summed E-state index contributed by atoms with van der Waals surface area (Å²) in [5.41, 5.74) is 3.59. The highest BCUT2D eigenvalue weighted by molar-refractivity contribution is 5.77. The van der Waals surface area contributed by atoms with Gasteiger partial charge in [0.05, 0.1) is 40.4 Å². The van der Waals surface area contributed by atoms with Crippen molar-refractivity contribution in [2.45, 2.75) is 20.4 Å². The Labute approximate surface area is 173 Å². The SMILES string of the molecule is COc1ccc(C[NH+]2CCN(C(=O)COc3ccc(C)c(C)c3)CC2)cc1OC. The van der Waals surface area contributed by atoms with E-state index in [0.29, 0.717) is 0 Å². The van der Waals surface area contributed by atoms with Crippen LogP contribution in [0.1, 0.15) is 16.7 Å². The molecule has 1 heterocycles. The van der Waals surface area contributed by atoms with E-state index in [1.807, 2.05) is 42.2 Å². The first kappa shape index (κ1) is 21.0. The van der Waals surface area contributed by atoms with Crippen LogP contribution in [0.3, 0.4) is 0 Å². The zero-order valence-electron chi connectivity index (χ0n) is 17.8. The summed E-state index contributed by atoms with van der Waals surface area (Å²) in [6.45, 7) is 8.44. The second-order valence-corrected chi connectivity index (χ2v) is 7.53. The van der Waals surface area contributed by atoms with Crippen molar-refractivity contribution in [3.05, 3.63) is 53.1 Å². The number of carbonyl (C=O) groups excluding carboxylic acids is 1. The van der Waals surface area contributed by atoms with Crippen LogP contribution in [0.5, 0.6) is 17.2 Å². The predicted molar refractivity (Wildman–Crippen MR) is 112 cm³/mol. The number of amides is 1. The number of piperazine rings is 1. The molecule has 156 valence electrons. The van der Waals surface area contributed by atoms with E-state index >= 15 is 0 Å². The molecule has 1 aliphatic heterocycles. The van der Waals surface area contributed by atoms with Crippen LogP contribution in [-0.4, -0.2) is 57.8 Å². The lowest BCUT2D eigenvalue weighted by atomic mass is 10.1. The zero-order valence-corrected chi connectivity index (χ0v) is 17.8. The van der Waals surface area contributed by atoms with Gasteiger partial charge in [0.2, 0.25) is 0 Å². The third kappa shape index (κ3) is 5.41. The van der Waals surface area contributed by atoms with Gasteiger partial charge in [0.1, 0.15) is 12.3 Å². The molecule has 0 spiro atoms. The molecular weight excluding hydrogens is 368 g/mol. The highest BCUT2D eigenvalue weighted by atomic mass is 16.5. The number of hydrogen-bond acceptors (Lipinski definition) is 4. The first-order chi connectivity index (χ1) is 14.0. The Balaban J connectivity index is 1.47. The Morgan fingerprint density at radius 1 is 0.966 bits per heavy atom. The van der Waals surface area contributed by atoms with Crippen molar-refractivity contribution in [3.63, 3.8) is 0 Å². The van der Waals surface area contributed by atoms with Crippen molar-refractivity contribution >= 4 is 5.91 Å². The highest BCUT2D eigenvalue weighted by Crippen LogP contribution is 2.27. The number of hydrogen-bond donors (Lipinski definition) is 1. The molecule has 2 aromatic carbocycles. The normalized spacial score (nSPS) is 14.6. The quantitative estimate of drug-likeness (QED) is 0.769. The molecule has 0 radical (unpaired) electrons. The molecule has 6 heteroatoms. The topological polar surface area (TPSA) is 52.4 Å². The molecule has 0 aliphatic carbocycles.